The van der Waals surface area contributed by atoms with Gasteiger partial charge in [-0.25, -0.2) is 0 Å². The van der Waals surface area contributed by atoms with Crippen LogP contribution in [0.25, 0.3) is 0 Å². The zero-order valence-electron chi connectivity index (χ0n) is 32.5. The molecule has 4 atom stereocenters. The molecule has 0 radical (unpaired) electrons. The molecule has 0 aliphatic rings. The van der Waals surface area contributed by atoms with Crippen LogP contribution in [0.1, 0.15) is 101 Å². The molecule has 284 valence electrons. The zero-order chi connectivity index (χ0) is 35.1. The van der Waals surface area contributed by atoms with Crippen molar-refractivity contribution in [3.8, 4) is 0 Å². The van der Waals surface area contributed by atoms with E-state index in [0.717, 1.165) is 85.0 Å². The molecule has 0 fully saturated rings. The summed E-state index contributed by atoms with van der Waals surface area (Å²) in [5.41, 5.74) is 2.23. The molecule has 0 saturated heterocycles. The van der Waals surface area contributed by atoms with Gasteiger partial charge in [0.15, 0.2) is 19.5 Å². The first-order chi connectivity index (χ1) is 22.8. The fourth-order valence-electron chi connectivity index (χ4n) is 5.40. The fraction of sp³-hybridized carbons (Fsp3) is 1.00. The van der Waals surface area contributed by atoms with Gasteiger partial charge in [0.2, 0.25) is 0 Å². The molecule has 0 heterocycles. The molecule has 0 rings (SSSR count). The Balaban J connectivity index is 5.33. The highest BCUT2D eigenvalue weighted by atomic mass is 28.3. The Kier molecular flexibility index (Phi) is 33.9. The third-order valence-corrected chi connectivity index (χ3v) is 16.4. The van der Waals surface area contributed by atoms with Crippen LogP contribution in [0.5, 0.6) is 0 Å². The van der Waals surface area contributed by atoms with Crippen molar-refractivity contribution in [3.63, 3.8) is 0 Å². The molecule has 0 aliphatic carbocycles. The first-order valence-electron chi connectivity index (χ1n) is 19.0. The summed E-state index contributed by atoms with van der Waals surface area (Å²) in [6.45, 7) is 33.6. The van der Waals surface area contributed by atoms with Crippen molar-refractivity contribution in [3.05, 3.63) is 0 Å². The van der Waals surface area contributed by atoms with Gasteiger partial charge in [-0.2, -0.15) is 0 Å². The van der Waals surface area contributed by atoms with E-state index in [1.54, 1.807) is 0 Å². The van der Waals surface area contributed by atoms with Crippen LogP contribution in [0.15, 0.2) is 0 Å². The van der Waals surface area contributed by atoms with Crippen LogP contribution < -0.4 is 0 Å². The summed E-state index contributed by atoms with van der Waals surface area (Å²) in [5.74, 6) is 0. The number of nitrogens with zero attached hydrogens (tertiary/aromatic N) is 2. The molecule has 0 bridgehead atoms. The van der Waals surface area contributed by atoms with Crippen LogP contribution in [0.3, 0.4) is 0 Å². The van der Waals surface area contributed by atoms with Crippen LogP contribution in [0, 0.1) is 0 Å². The van der Waals surface area contributed by atoms with Gasteiger partial charge in [0.25, 0.3) is 0 Å². The first kappa shape index (κ1) is 47.5. The predicted octanol–water partition coefficient (Wildman–Crippen LogP) is 4.71. The minimum Gasteiger partial charge on any atom is -0.402 e. The lowest BCUT2D eigenvalue weighted by Crippen LogP contribution is -2.36. The standard InChI is InChI=1S/C33H78N2O8Si4/c1-11-36-28-38-44-30(7)18-24-34(26-20-32(9)46(40-13-3)41-14-4)22-17-23-35(25-19-31(8)45-39-29-37-12-2)27-21-33(10)47(42-15-5)43-16-6/h30-33,46-47H,11-29,44-45H2,1-10H3. The molecule has 0 aromatic rings. The maximum absolute atomic E-state index is 6.07. The molecule has 0 amide bonds. The van der Waals surface area contributed by atoms with Crippen LogP contribution in [0.4, 0.5) is 0 Å². The summed E-state index contributed by atoms with van der Waals surface area (Å²) in [6.07, 6.45) is 5.76. The van der Waals surface area contributed by atoms with Gasteiger partial charge in [0, 0.05) is 39.6 Å². The average Bonchev–Trinajstić information content (AvgIpc) is 3.06. The second-order valence-electron chi connectivity index (χ2n) is 12.9. The summed E-state index contributed by atoms with van der Waals surface area (Å²) in [4.78, 5) is 5.39. The molecule has 0 aromatic heterocycles. The highest BCUT2D eigenvalue weighted by Gasteiger charge is 2.24. The van der Waals surface area contributed by atoms with Crippen LogP contribution in [0.2, 0.25) is 22.2 Å². The highest BCUT2D eigenvalue weighted by Crippen LogP contribution is 2.20. The molecule has 0 aromatic carbocycles. The Morgan fingerprint density at radius 1 is 0.468 bits per heavy atom. The lowest BCUT2D eigenvalue weighted by atomic mass is 10.2. The van der Waals surface area contributed by atoms with Crippen molar-refractivity contribution in [2.45, 2.75) is 124 Å². The second kappa shape index (κ2) is 33.6. The van der Waals surface area contributed by atoms with E-state index in [9.17, 15) is 0 Å². The van der Waals surface area contributed by atoms with E-state index in [4.69, 9.17) is 36.0 Å². The topological polar surface area (TPSA) is 80.3 Å². The minimum atomic E-state index is -1.66. The Bertz CT molecular complexity index is 604. The molecule has 10 nitrogen and oxygen atoms in total. The SMILES string of the molecule is CCOCO[SiH2]C(C)CCN(CCCN(CCC(C)[SiH2]OCOCC)CCC(C)[SiH](OCC)OCC)CCC(C)[SiH](OCC)OCC. The summed E-state index contributed by atoms with van der Waals surface area (Å²) in [6, 6.07) is 0. The zero-order valence-corrected chi connectivity index (χ0v) is 37.6. The summed E-state index contributed by atoms with van der Waals surface area (Å²) in [7, 11) is -4.50. The van der Waals surface area contributed by atoms with Gasteiger partial charge in [0.1, 0.15) is 13.6 Å². The van der Waals surface area contributed by atoms with Crippen molar-refractivity contribution >= 4 is 38.1 Å². The van der Waals surface area contributed by atoms with Gasteiger partial charge in [-0.15, -0.1) is 0 Å². The Morgan fingerprint density at radius 3 is 1.13 bits per heavy atom. The summed E-state index contributed by atoms with van der Waals surface area (Å²) in [5, 5.41) is 0. The number of hydrogen-bond donors (Lipinski definition) is 0. The van der Waals surface area contributed by atoms with Crippen molar-refractivity contribution in [2.24, 2.45) is 0 Å². The molecule has 0 saturated carbocycles. The third kappa shape index (κ3) is 26.9. The second-order valence-corrected chi connectivity index (χ2v) is 22.2. The smallest absolute Gasteiger partial charge is 0.324 e. The molecule has 14 heteroatoms. The van der Waals surface area contributed by atoms with E-state index in [2.05, 4.69) is 65.2 Å². The first-order valence-corrected chi connectivity index (χ1v) is 25.0. The molecule has 0 N–H and O–H groups in total. The number of hydrogen-bond acceptors (Lipinski definition) is 10. The molecule has 0 aliphatic heterocycles. The van der Waals surface area contributed by atoms with Crippen molar-refractivity contribution in [2.75, 3.05) is 92.5 Å². The summed E-state index contributed by atoms with van der Waals surface area (Å²) >= 11 is 0. The van der Waals surface area contributed by atoms with Crippen LogP contribution in [-0.4, -0.2) is 140 Å². The maximum atomic E-state index is 6.07. The Labute approximate surface area is 299 Å². The lowest BCUT2D eigenvalue weighted by Gasteiger charge is -2.30. The highest BCUT2D eigenvalue weighted by molar-refractivity contribution is 6.46. The van der Waals surface area contributed by atoms with Crippen molar-refractivity contribution in [1.29, 1.82) is 0 Å². The lowest BCUT2D eigenvalue weighted by molar-refractivity contribution is 0.0229. The largest absolute Gasteiger partial charge is 0.402 e. The van der Waals surface area contributed by atoms with E-state index in [1.165, 1.54) is 12.8 Å². The monoisotopic (exact) mass is 742 g/mol. The Morgan fingerprint density at radius 2 is 0.809 bits per heavy atom. The maximum Gasteiger partial charge on any atom is 0.324 e. The van der Waals surface area contributed by atoms with Gasteiger partial charge in [-0.05, 0) is 135 Å². The molecule has 0 spiro atoms. The van der Waals surface area contributed by atoms with Gasteiger partial charge in [-0.3, -0.25) is 0 Å². The van der Waals surface area contributed by atoms with Gasteiger partial charge >= 0.3 is 18.6 Å². The number of rotatable bonds is 36. The molecular formula is C33H78N2O8Si4. The van der Waals surface area contributed by atoms with Crippen molar-refractivity contribution < 1.29 is 36.0 Å². The van der Waals surface area contributed by atoms with Gasteiger partial charge in [0.05, 0.1) is 0 Å². The summed E-state index contributed by atoms with van der Waals surface area (Å²) < 4.78 is 46.8. The Hall–Kier alpha value is 0.468. The van der Waals surface area contributed by atoms with E-state index < -0.39 is 38.1 Å². The van der Waals surface area contributed by atoms with Crippen molar-refractivity contribution in [1.82, 2.24) is 9.80 Å². The molecule has 4 unspecified atom stereocenters. The van der Waals surface area contributed by atoms with E-state index >= 15 is 0 Å². The predicted molar refractivity (Wildman–Crippen MR) is 207 cm³/mol. The average molecular weight is 743 g/mol. The van der Waals surface area contributed by atoms with Gasteiger partial charge < -0.3 is 45.8 Å². The number of ether oxygens (including phenoxy) is 2. The quantitative estimate of drug-likeness (QED) is 0.0512. The van der Waals surface area contributed by atoms with E-state index in [0.29, 0.717) is 49.0 Å². The minimum absolute atomic E-state index is 0.446. The van der Waals surface area contributed by atoms with Crippen LogP contribution >= 0.6 is 0 Å². The van der Waals surface area contributed by atoms with Gasteiger partial charge in [-0.1, -0.05) is 27.7 Å². The van der Waals surface area contributed by atoms with E-state index in [-0.39, 0.29) is 0 Å². The molecular weight excluding hydrogens is 665 g/mol. The normalized spacial score (nSPS) is 15.4. The fourth-order valence-corrected chi connectivity index (χ4v) is 11.0. The van der Waals surface area contributed by atoms with Crippen LogP contribution in [-0.2, 0) is 36.0 Å². The third-order valence-electron chi connectivity index (χ3n) is 8.43. The van der Waals surface area contributed by atoms with E-state index in [1.807, 2.05) is 13.8 Å². The molecule has 47 heavy (non-hydrogen) atoms.